The number of rotatable bonds is 2. The Morgan fingerprint density at radius 1 is 1.39 bits per heavy atom. The summed E-state index contributed by atoms with van der Waals surface area (Å²) in [6, 6.07) is 0. The number of nitrogens with zero attached hydrogens (tertiary/aromatic N) is 1. The molecule has 2 amide bonds. The second-order valence-corrected chi connectivity index (χ2v) is 5.85. The van der Waals surface area contributed by atoms with Crippen molar-refractivity contribution >= 4 is 11.8 Å². The molecule has 1 saturated carbocycles. The molecule has 3 rings (SSSR count). The van der Waals surface area contributed by atoms with Crippen LogP contribution in [0.1, 0.15) is 27.2 Å². The molecule has 0 N–H and O–H groups in total. The zero-order chi connectivity index (χ0) is 13.0. The first-order chi connectivity index (χ1) is 8.50. The average molecular weight is 249 g/mol. The first-order valence-corrected chi connectivity index (χ1v) is 6.68. The van der Waals surface area contributed by atoms with Crippen LogP contribution in [0.15, 0.2) is 12.2 Å². The Balaban J connectivity index is 1.95. The maximum Gasteiger partial charge on any atom is 0.235 e. The summed E-state index contributed by atoms with van der Waals surface area (Å²) >= 11 is 0. The fraction of sp³-hybridized carbons (Fsp3) is 0.714. The lowest BCUT2D eigenvalue weighted by Crippen LogP contribution is -2.43. The van der Waals surface area contributed by atoms with Crippen molar-refractivity contribution in [2.45, 2.75) is 39.5 Å². The van der Waals surface area contributed by atoms with Crippen LogP contribution in [-0.4, -0.2) is 29.0 Å². The predicted molar refractivity (Wildman–Crippen MR) is 65.3 cm³/mol. The molecule has 4 heteroatoms. The van der Waals surface area contributed by atoms with Crippen LogP contribution in [0, 0.1) is 23.7 Å². The van der Waals surface area contributed by atoms with Gasteiger partial charge in [0.15, 0.2) is 0 Å². The topological polar surface area (TPSA) is 46.6 Å². The van der Waals surface area contributed by atoms with Gasteiger partial charge in [0.1, 0.15) is 6.23 Å². The predicted octanol–water partition coefficient (Wildman–Crippen LogP) is 1.56. The summed E-state index contributed by atoms with van der Waals surface area (Å²) in [6.45, 7) is 5.34. The third kappa shape index (κ3) is 1.48. The molecule has 0 unspecified atom stereocenters. The van der Waals surface area contributed by atoms with Crippen LogP contribution in [0.2, 0.25) is 0 Å². The van der Waals surface area contributed by atoms with Gasteiger partial charge in [0, 0.05) is 12.8 Å². The van der Waals surface area contributed by atoms with Gasteiger partial charge in [-0.15, -0.1) is 0 Å². The SMILES string of the molecule is CC(=O)N1C(=O)[C@H]2[C@@H]([C@H]1OC(C)C)[C@H]1C=C[C@@H]2C1. The number of hydrogen-bond donors (Lipinski definition) is 0. The van der Waals surface area contributed by atoms with Gasteiger partial charge in [0.05, 0.1) is 12.0 Å². The Morgan fingerprint density at radius 3 is 2.67 bits per heavy atom. The number of fused-ring (bicyclic) bond motifs is 5. The first-order valence-electron chi connectivity index (χ1n) is 6.68. The van der Waals surface area contributed by atoms with E-state index in [-0.39, 0.29) is 36.0 Å². The molecule has 1 heterocycles. The van der Waals surface area contributed by atoms with Gasteiger partial charge in [-0.2, -0.15) is 0 Å². The van der Waals surface area contributed by atoms with E-state index in [1.54, 1.807) is 0 Å². The lowest BCUT2D eigenvalue weighted by molar-refractivity contribution is -0.158. The molecule has 0 aromatic rings. The Morgan fingerprint density at radius 2 is 2.06 bits per heavy atom. The maximum atomic E-state index is 12.4. The minimum absolute atomic E-state index is 0.0199. The van der Waals surface area contributed by atoms with E-state index >= 15 is 0 Å². The molecule has 5 atom stereocenters. The molecule has 3 aliphatic rings. The average Bonchev–Trinajstić information content (AvgIpc) is 2.90. The van der Waals surface area contributed by atoms with E-state index in [4.69, 9.17) is 4.74 Å². The van der Waals surface area contributed by atoms with E-state index in [2.05, 4.69) is 12.2 Å². The molecule has 2 bridgehead atoms. The van der Waals surface area contributed by atoms with Crippen molar-refractivity contribution in [2.75, 3.05) is 0 Å². The van der Waals surface area contributed by atoms with Crippen molar-refractivity contribution in [2.24, 2.45) is 23.7 Å². The Labute approximate surface area is 107 Å². The Kier molecular flexibility index (Phi) is 2.59. The van der Waals surface area contributed by atoms with Crippen LogP contribution < -0.4 is 0 Å². The molecule has 2 aliphatic carbocycles. The van der Waals surface area contributed by atoms with Gasteiger partial charge in [-0.05, 0) is 32.1 Å². The zero-order valence-corrected chi connectivity index (χ0v) is 11.0. The summed E-state index contributed by atoms with van der Waals surface area (Å²) < 4.78 is 5.87. The molecule has 18 heavy (non-hydrogen) atoms. The number of allylic oxidation sites excluding steroid dienone is 2. The normalized spacial score (nSPS) is 41.0. The highest BCUT2D eigenvalue weighted by atomic mass is 16.5. The smallest absolute Gasteiger partial charge is 0.235 e. The van der Waals surface area contributed by atoms with Crippen molar-refractivity contribution in [3.8, 4) is 0 Å². The molecular formula is C14H19NO3. The standard InChI is InChI=1S/C14H19NO3/c1-7(2)18-14-12-10-5-4-9(6-10)11(12)13(17)15(14)8(3)16/h4-5,7,9-12,14H,6H2,1-3H3/t9-,10+,11-,12+,14-/m1/s1. The monoisotopic (exact) mass is 249 g/mol. The van der Waals surface area contributed by atoms with Gasteiger partial charge in [0.25, 0.3) is 0 Å². The minimum Gasteiger partial charge on any atom is -0.355 e. The van der Waals surface area contributed by atoms with Crippen molar-refractivity contribution < 1.29 is 14.3 Å². The summed E-state index contributed by atoms with van der Waals surface area (Å²) in [4.78, 5) is 25.5. The van der Waals surface area contributed by atoms with Gasteiger partial charge in [-0.1, -0.05) is 12.2 Å². The first kappa shape index (κ1) is 11.9. The number of carbonyl (C=O) groups is 2. The molecule has 0 aromatic carbocycles. The van der Waals surface area contributed by atoms with Crippen LogP contribution in [-0.2, 0) is 14.3 Å². The van der Waals surface area contributed by atoms with Crippen LogP contribution in [0.3, 0.4) is 0 Å². The van der Waals surface area contributed by atoms with E-state index in [1.807, 2.05) is 13.8 Å². The number of ether oxygens (including phenoxy) is 1. The summed E-state index contributed by atoms with van der Waals surface area (Å²) in [5.41, 5.74) is 0. The highest BCUT2D eigenvalue weighted by Gasteiger charge is 2.60. The van der Waals surface area contributed by atoms with Gasteiger partial charge in [-0.3, -0.25) is 14.5 Å². The van der Waals surface area contributed by atoms with Crippen LogP contribution in [0.5, 0.6) is 0 Å². The fourth-order valence-corrected chi connectivity index (χ4v) is 3.82. The largest absolute Gasteiger partial charge is 0.355 e. The molecule has 1 aliphatic heterocycles. The highest BCUT2D eigenvalue weighted by Crippen LogP contribution is 2.54. The van der Waals surface area contributed by atoms with E-state index < -0.39 is 0 Å². The quantitative estimate of drug-likeness (QED) is 0.698. The zero-order valence-electron chi connectivity index (χ0n) is 11.0. The lowest BCUT2D eigenvalue weighted by Gasteiger charge is -2.29. The molecular weight excluding hydrogens is 230 g/mol. The highest BCUT2D eigenvalue weighted by molar-refractivity contribution is 5.98. The van der Waals surface area contributed by atoms with Gasteiger partial charge in [0.2, 0.25) is 11.8 Å². The van der Waals surface area contributed by atoms with Crippen molar-refractivity contribution in [3.05, 3.63) is 12.2 Å². The van der Waals surface area contributed by atoms with E-state index in [0.29, 0.717) is 11.8 Å². The second kappa shape index (κ2) is 3.92. The molecule has 2 fully saturated rings. The number of likely N-dealkylation sites (tertiary alicyclic amines) is 1. The van der Waals surface area contributed by atoms with Crippen molar-refractivity contribution in [1.82, 2.24) is 4.90 Å². The van der Waals surface area contributed by atoms with Gasteiger partial charge in [-0.25, -0.2) is 0 Å². The summed E-state index contributed by atoms with van der Waals surface area (Å²) in [7, 11) is 0. The molecule has 0 spiro atoms. The summed E-state index contributed by atoms with van der Waals surface area (Å²) in [5.74, 6) is 0.619. The molecule has 1 saturated heterocycles. The third-order valence-corrected chi connectivity index (χ3v) is 4.38. The molecule has 0 radical (unpaired) electrons. The van der Waals surface area contributed by atoms with E-state index in [1.165, 1.54) is 11.8 Å². The van der Waals surface area contributed by atoms with Gasteiger partial charge < -0.3 is 4.74 Å². The van der Waals surface area contributed by atoms with Crippen LogP contribution >= 0.6 is 0 Å². The van der Waals surface area contributed by atoms with E-state index in [9.17, 15) is 9.59 Å². The van der Waals surface area contributed by atoms with Crippen LogP contribution in [0.4, 0.5) is 0 Å². The Bertz CT molecular complexity index is 429. The lowest BCUT2D eigenvalue weighted by atomic mass is 9.85. The second-order valence-electron chi connectivity index (χ2n) is 5.85. The summed E-state index contributed by atoms with van der Waals surface area (Å²) in [5, 5.41) is 0. The van der Waals surface area contributed by atoms with Crippen molar-refractivity contribution in [3.63, 3.8) is 0 Å². The number of hydrogen-bond acceptors (Lipinski definition) is 3. The fourth-order valence-electron chi connectivity index (χ4n) is 3.82. The molecule has 0 aromatic heterocycles. The number of imide groups is 1. The number of carbonyl (C=O) groups excluding carboxylic acids is 2. The minimum atomic E-state index is -0.361. The van der Waals surface area contributed by atoms with Crippen LogP contribution in [0.25, 0.3) is 0 Å². The molecule has 98 valence electrons. The summed E-state index contributed by atoms with van der Waals surface area (Å²) in [6.07, 6.45) is 5.04. The maximum absolute atomic E-state index is 12.4. The Hall–Kier alpha value is -1.16. The third-order valence-electron chi connectivity index (χ3n) is 4.38. The van der Waals surface area contributed by atoms with E-state index in [0.717, 1.165) is 6.42 Å². The van der Waals surface area contributed by atoms with Gasteiger partial charge >= 0.3 is 0 Å². The van der Waals surface area contributed by atoms with Crippen molar-refractivity contribution in [1.29, 1.82) is 0 Å². The molecule has 4 nitrogen and oxygen atoms in total. The number of amides is 2.